The van der Waals surface area contributed by atoms with E-state index in [9.17, 15) is 0 Å². The quantitative estimate of drug-likeness (QED) is 0.772. The van der Waals surface area contributed by atoms with Crippen molar-refractivity contribution in [3.8, 4) is 0 Å². The fraction of sp³-hybridized carbons (Fsp3) is 0.0833. The average molecular weight is 225 g/mol. The van der Waals surface area contributed by atoms with Gasteiger partial charge in [0.1, 0.15) is 5.84 Å². The zero-order valence-electron chi connectivity index (χ0n) is 9.09. The molecule has 3 rings (SSSR count). The van der Waals surface area contributed by atoms with Gasteiger partial charge in [0.05, 0.1) is 23.2 Å². The van der Waals surface area contributed by atoms with E-state index in [1.165, 1.54) is 0 Å². The highest BCUT2D eigenvalue weighted by Gasteiger charge is 2.11. The van der Waals surface area contributed by atoms with Crippen LogP contribution in [0, 0.1) is 0 Å². The van der Waals surface area contributed by atoms with Crippen molar-refractivity contribution in [2.75, 3.05) is 0 Å². The first kappa shape index (κ1) is 9.77. The number of nitrogens with zero attached hydrogens (tertiary/aromatic N) is 3. The summed E-state index contributed by atoms with van der Waals surface area (Å²) in [6.07, 6.45) is 3.72. The molecule has 0 amide bonds. The number of aliphatic imine (C=N–C) groups is 2. The summed E-state index contributed by atoms with van der Waals surface area (Å²) in [6.45, 7) is 0. The SMILES string of the molecule is NC1=NC=CN=C(c2nc3ccccc3[nH]2)C1. The number of hydrogen-bond acceptors (Lipinski definition) is 4. The van der Waals surface area contributed by atoms with Crippen LogP contribution < -0.4 is 5.73 Å². The largest absolute Gasteiger partial charge is 0.387 e. The summed E-state index contributed by atoms with van der Waals surface area (Å²) in [5, 5.41) is 0. The van der Waals surface area contributed by atoms with E-state index in [2.05, 4.69) is 20.0 Å². The monoisotopic (exact) mass is 225 g/mol. The molecule has 0 unspecified atom stereocenters. The van der Waals surface area contributed by atoms with Crippen LogP contribution in [0.1, 0.15) is 12.2 Å². The number of aromatic amines is 1. The van der Waals surface area contributed by atoms with Crippen molar-refractivity contribution < 1.29 is 0 Å². The van der Waals surface area contributed by atoms with Gasteiger partial charge >= 0.3 is 0 Å². The number of amidine groups is 1. The molecule has 0 atom stereocenters. The molecule has 0 saturated carbocycles. The van der Waals surface area contributed by atoms with E-state index in [-0.39, 0.29) is 0 Å². The van der Waals surface area contributed by atoms with Crippen molar-refractivity contribution in [3.63, 3.8) is 0 Å². The molecule has 1 aliphatic rings. The first-order chi connectivity index (χ1) is 8.33. The third-order valence-electron chi connectivity index (χ3n) is 2.55. The van der Waals surface area contributed by atoms with Gasteiger partial charge in [-0.25, -0.2) is 9.98 Å². The van der Waals surface area contributed by atoms with Crippen molar-refractivity contribution in [2.45, 2.75) is 6.42 Å². The second-order valence-corrected chi connectivity index (χ2v) is 3.77. The van der Waals surface area contributed by atoms with Crippen molar-refractivity contribution >= 4 is 22.6 Å². The van der Waals surface area contributed by atoms with Crippen LogP contribution in [0.25, 0.3) is 11.0 Å². The summed E-state index contributed by atoms with van der Waals surface area (Å²) in [7, 11) is 0. The molecule has 3 N–H and O–H groups in total. The van der Waals surface area contributed by atoms with Gasteiger partial charge in [-0.15, -0.1) is 0 Å². The normalized spacial score (nSPS) is 15.5. The van der Waals surface area contributed by atoms with Gasteiger partial charge in [-0.05, 0) is 12.1 Å². The van der Waals surface area contributed by atoms with Gasteiger partial charge in [-0.2, -0.15) is 0 Å². The summed E-state index contributed by atoms with van der Waals surface area (Å²) in [6, 6.07) is 7.86. The molecule has 84 valence electrons. The maximum absolute atomic E-state index is 5.73. The van der Waals surface area contributed by atoms with Crippen molar-refractivity contribution in [1.82, 2.24) is 9.97 Å². The number of nitrogens with one attached hydrogen (secondary N) is 1. The molecule has 2 aromatic rings. The molecule has 0 radical (unpaired) electrons. The van der Waals surface area contributed by atoms with Gasteiger partial charge in [-0.3, -0.25) is 4.99 Å². The van der Waals surface area contributed by atoms with Gasteiger partial charge in [0.15, 0.2) is 5.82 Å². The molecule has 0 aliphatic carbocycles. The van der Waals surface area contributed by atoms with Gasteiger partial charge in [-0.1, -0.05) is 12.1 Å². The Bertz CT molecular complexity index is 615. The molecule has 0 spiro atoms. The van der Waals surface area contributed by atoms with Crippen LogP contribution in [0.5, 0.6) is 0 Å². The van der Waals surface area contributed by atoms with Crippen molar-refractivity contribution in [2.24, 2.45) is 15.7 Å². The number of rotatable bonds is 1. The summed E-state index contributed by atoms with van der Waals surface area (Å²) in [5.74, 6) is 1.29. The summed E-state index contributed by atoms with van der Waals surface area (Å²) >= 11 is 0. The Kier molecular flexibility index (Phi) is 2.22. The van der Waals surface area contributed by atoms with Crippen LogP contribution in [0.2, 0.25) is 0 Å². The van der Waals surface area contributed by atoms with Crippen molar-refractivity contribution in [3.05, 3.63) is 42.5 Å². The fourth-order valence-electron chi connectivity index (χ4n) is 1.75. The molecular weight excluding hydrogens is 214 g/mol. The molecule has 5 heteroatoms. The standard InChI is InChI=1S/C12H11N5/c13-11-7-10(14-5-6-15-11)12-16-8-3-1-2-4-9(8)17-12/h1-6H,7H2,(H2,13,15)(H,16,17). The first-order valence-corrected chi connectivity index (χ1v) is 5.32. The number of para-hydroxylation sites is 2. The second kappa shape index (κ2) is 3.86. The van der Waals surface area contributed by atoms with Crippen LogP contribution in [0.4, 0.5) is 0 Å². The maximum Gasteiger partial charge on any atom is 0.153 e. The molecule has 0 fully saturated rings. The molecule has 5 nitrogen and oxygen atoms in total. The third-order valence-corrected chi connectivity index (χ3v) is 2.55. The number of imidazole rings is 1. The predicted molar refractivity (Wildman–Crippen MR) is 68.0 cm³/mol. The van der Waals surface area contributed by atoms with Crippen molar-refractivity contribution in [1.29, 1.82) is 0 Å². The lowest BCUT2D eigenvalue weighted by molar-refractivity contribution is 1.25. The molecule has 1 aromatic heterocycles. The Balaban J connectivity index is 2.07. The Labute approximate surface area is 97.8 Å². The minimum atomic E-state index is 0.507. The second-order valence-electron chi connectivity index (χ2n) is 3.77. The van der Waals surface area contributed by atoms with Gasteiger partial charge in [0.25, 0.3) is 0 Å². The average Bonchev–Trinajstić information content (AvgIpc) is 2.65. The number of aromatic nitrogens is 2. The van der Waals surface area contributed by atoms with E-state index in [1.54, 1.807) is 12.4 Å². The molecule has 0 saturated heterocycles. The zero-order chi connectivity index (χ0) is 11.7. The lowest BCUT2D eigenvalue weighted by Gasteiger charge is -1.99. The molecule has 17 heavy (non-hydrogen) atoms. The Morgan fingerprint density at radius 1 is 1.12 bits per heavy atom. The van der Waals surface area contributed by atoms with Crippen LogP contribution >= 0.6 is 0 Å². The molecule has 2 heterocycles. The van der Waals surface area contributed by atoms with Gasteiger partial charge in [0, 0.05) is 12.4 Å². The van der Waals surface area contributed by atoms with Crippen LogP contribution in [0.3, 0.4) is 0 Å². The highest BCUT2D eigenvalue weighted by atomic mass is 15.0. The Hall–Kier alpha value is -2.43. The smallest absolute Gasteiger partial charge is 0.153 e. The minimum Gasteiger partial charge on any atom is -0.387 e. The molecule has 1 aliphatic heterocycles. The molecule has 1 aromatic carbocycles. The topological polar surface area (TPSA) is 79.4 Å². The highest BCUT2D eigenvalue weighted by Crippen LogP contribution is 2.12. The zero-order valence-corrected chi connectivity index (χ0v) is 9.09. The lowest BCUT2D eigenvalue weighted by atomic mass is 10.2. The number of hydrogen-bond donors (Lipinski definition) is 2. The van der Waals surface area contributed by atoms with Gasteiger partial charge in [0.2, 0.25) is 0 Å². The Morgan fingerprint density at radius 3 is 2.82 bits per heavy atom. The first-order valence-electron chi connectivity index (χ1n) is 5.32. The highest BCUT2D eigenvalue weighted by molar-refractivity contribution is 6.11. The lowest BCUT2D eigenvalue weighted by Crippen LogP contribution is -2.17. The number of nitrogens with two attached hydrogens (primary N) is 1. The van der Waals surface area contributed by atoms with E-state index >= 15 is 0 Å². The number of fused-ring (bicyclic) bond motifs is 1. The summed E-state index contributed by atoms with van der Waals surface area (Å²) in [4.78, 5) is 16.0. The van der Waals surface area contributed by atoms with Gasteiger partial charge < -0.3 is 10.7 Å². The third kappa shape index (κ3) is 1.82. The number of H-pyrrole nitrogens is 1. The molecular formula is C12H11N5. The van der Waals surface area contributed by atoms with Crippen LogP contribution in [-0.2, 0) is 0 Å². The van der Waals surface area contributed by atoms with E-state index in [0.29, 0.717) is 12.3 Å². The summed E-state index contributed by atoms with van der Waals surface area (Å²) in [5.41, 5.74) is 8.45. The van der Waals surface area contributed by atoms with Crippen LogP contribution in [-0.4, -0.2) is 21.5 Å². The fourth-order valence-corrected chi connectivity index (χ4v) is 1.75. The van der Waals surface area contributed by atoms with E-state index in [4.69, 9.17) is 5.73 Å². The van der Waals surface area contributed by atoms with Crippen LogP contribution in [0.15, 0.2) is 46.7 Å². The maximum atomic E-state index is 5.73. The van der Waals surface area contributed by atoms with E-state index < -0.39 is 0 Å². The Morgan fingerprint density at radius 2 is 1.94 bits per heavy atom. The predicted octanol–water partition coefficient (Wildman–Crippen LogP) is 1.58. The minimum absolute atomic E-state index is 0.507. The molecule has 0 bridgehead atoms. The summed E-state index contributed by atoms with van der Waals surface area (Å²) < 4.78 is 0. The number of benzene rings is 1. The van der Waals surface area contributed by atoms with E-state index in [0.717, 1.165) is 22.6 Å². The van der Waals surface area contributed by atoms with E-state index in [1.807, 2.05) is 24.3 Å².